The van der Waals surface area contributed by atoms with Crippen molar-refractivity contribution in [1.29, 1.82) is 0 Å². The van der Waals surface area contributed by atoms with Gasteiger partial charge < -0.3 is 9.47 Å². The minimum absolute atomic E-state index is 0.141. The molecule has 0 N–H and O–H groups in total. The van der Waals surface area contributed by atoms with Gasteiger partial charge in [0.25, 0.3) is 0 Å². The van der Waals surface area contributed by atoms with Crippen LogP contribution in [0.1, 0.15) is 11.1 Å². The fourth-order valence-electron chi connectivity index (χ4n) is 2.92. The Bertz CT molecular complexity index is 1220. The Balaban J connectivity index is 1.41. The minimum atomic E-state index is -0.923. The number of benzene rings is 2. The van der Waals surface area contributed by atoms with E-state index in [0.717, 1.165) is 24.3 Å². The molecule has 4 rings (SSSR count). The summed E-state index contributed by atoms with van der Waals surface area (Å²) in [5.41, 5.74) is 1.52. The summed E-state index contributed by atoms with van der Waals surface area (Å²) in [4.78, 5) is 4.03. The minimum Gasteiger partial charge on any atom is -0.477 e. The number of ether oxygens (including phenoxy) is 2. The second-order valence-electron chi connectivity index (χ2n) is 6.62. The predicted octanol–water partition coefficient (Wildman–Crippen LogP) is 3.92. The summed E-state index contributed by atoms with van der Waals surface area (Å²) < 4.78 is 65.6. The molecule has 0 atom stereocenters. The van der Waals surface area contributed by atoms with Gasteiger partial charge in [0.05, 0.1) is 25.6 Å². The van der Waals surface area contributed by atoms with E-state index in [1.165, 1.54) is 28.9 Å². The second-order valence-corrected chi connectivity index (χ2v) is 6.62. The lowest BCUT2D eigenvalue weighted by atomic mass is 10.1. The lowest BCUT2D eigenvalue weighted by molar-refractivity contribution is 0.270. The standard InChI is InChI=1S/C21H16F4N4O2/c22-15-3-1-13(9-17(15)24)5-7-30-20-12-26-11-19-27-28-21(29(19)20)31-8-6-14-2-4-16(23)18(25)10-14/h1-4,9-12H,5-8H2. The lowest BCUT2D eigenvalue weighted by Gasteiger charge is -2.10. The van der Waals surface area contributed by atoms with Gasteiger partial charge in [-0.1, -0.05) is 17.2 Å². The molecule has 10 heteroatoms. The fourth-order valence-corrected chi connectivity index (χ4v) is 2.92. The molecule has 2 heterocycles. The number of fused-ring (bicyclic) bond motifs is 1. The molecule has 0 spiro atoms. The topological polar surface area (TPSA) is 61.5 Å². The van der Waals surface area contributed by atoms with Gasteiger partial charge in [0.2, 0.25) is 5.88 Å². The highest BCUT2D eigenvalue weighted by Crippen LogP contribution is 2.20. The van der Waals surface area contributed by atoms with E-state index in [1.54, 1.807) is 0 Å². The lowest BCUT2D eigenvalue weighted by Crippen LogP contribution is -2.08. The van der Waals surface area contributed by atoms with Crippen LogP contribution in [0.3, 0.4) is 0 Å². The SMILES string of the molecule is Fc1ccc(CCOc2cncc3nnc(OCCc4ccc(F)c(F)c4)n23)cc1F. The summed E-state index contributed by atoms with van der Waals surface area (Å²) in [5.74, 6) is -3.36. The van der Waals surface area contributed by atoms with Crippen molar-refractivity contribution in [3.63, 3.8) is 0 Å². The predicted molar refractivity (Wildman–Crippen MR) is 102 cm³/mol. The summed E-state index contributed by atoms with van der Waals surface area (Å²) in [6.07, 6.45) is 3.58. The average Bonchev–Trinajstić information content (AvgIpc) is 3.17. The summed E-state index contributed by atoms with van der Waals surface area (Å²) in [7, 11) is 0. The van der Waals surface area contributed by atoms with E-state index < -0.39 is 23.3 Å². The molecule has 0 bridgehead atoms. The van der Waals surface area contributed by atoms with Gasteiger partial charge in [0.1, 0.15) is 0 Å². The van der Waals surface area contributed by atoms with Crippen molar-refractivity contribution in [2.45, 2.75) is 12.8 Å². The zero-order valence-corrected chi connectivity index (χ0v) is 16.1. The number of hydrogen-bond acceptors (Lipinski definition) is 5. The molecule has 4 aromatic rings. The van der Waals surface area contributed by atoms with Crippen molar-refractivity contribution < 1.29 is 27.0 Å². The molecule has 0 fully saturated rings. The summed E-state index contributed by atoms with van der Waals surface area (Å²) in [5, 5.41) is 7.91. The van der Waals surface area contributed by atoms with Crippen molar-refractivity contribution >= 4 is 5.65 Å². The van der Waals surface area contributed by atoms with Crippen LogP contribution >= 0.6 is 0 Å². The monoisotopic (exact) mass is 432 g/mol. The molecule has 0 saturated heterocycles. The van der Waals surface area contributed by atoms with Gasteiger partial charge in [-0.3, -0.25) is 4.98 Å². The van der Waals surface area contributed by atoms with Gasteiger partial charge in [-0.15, -0.1) is 5.10 Å². The quantitative estimate of drug-likeness (QED) is 0.395. The molecule has 6 nitrogen and oxygen atoms in total. The van der Waals surface area contributed by atoms with E-state index in [-0.39, 0.29) is 19.2 Å². The van der Waals surface area contributed by atoms with Gasteiger partial charge >= 0.3 is 6.01 Å². The van der Waals surface area contributed by atoms with Crippen LogP contribution in [0.2, 0.25) is 0 Å². The Morgan fingerprint density at radius 3 is 1.94 bits per heavy atom. The van der Waals surface area contributed by atoms with Gasteiger partial charge in [-0.2, -0.15) is 0 Å². The highest BCUT2D eigenvalue weighted by atomic mass is 19.2. The molecule has 2 aromatic carbocycles. The molecule has 0 aliphatic carbocycles. The smallest absolute Gasteiger partial charge is 0.324 e. The third-order valence-corrected chi connectivity index (χ3v) is 4.48. The number of nitrogens with zero attached hydrogens (tertiary/aromatic N) is 4. The largest absolute Gasteiger partial charge is 0.477 e. The molecule has 0 saturated carbocycles. The number of aromatic nitrogens is 4. The van der Waals surface area contributed by atoms with Crippen LogP contribution in [-0.2, 0) is 12.8 Å². The van der Waals surface area contributed by atoms with Crippen molar-refractivity contribution in [3.8, 4) is 11.9 Å². The average molecular weight is 432 g/mol. The first-order valence-corrected chi connectivity index (χ1v) is 9.34. The fraction of sp³-hybridized carbons (Fsp3) is 0.190. The third kappa shape index (κ3) is 4.73. The van der Waals surface area contributed by atoms with E-state index in [2.05, 4.69) is 15.2 Å². The zero-order valence-electron chi connectivity index (χ0n) is 16.1. The second kappa shape index (κ2) is 8.99. The van der Waals surface area contributed by atoms with E-state index in [1.807, 2.05) is 0 Å². The molecular weight excluding hydrogens is 416 g/mol. The first-order chi connectivity index (χ1) is 15.0. The van der Waals surface area contributed by atoms with Crippen LogP contribution < -0.4 is 9.47 Å². The van der Waals surface area contributed by atoms with Gasteiger partial charge in [-0.25, -0.2) is 22.0 Å². The molecular formula is C21H16F4N4O2. The van der Waals surface area contributed by atoms with E-state index in [4.69, 9.17) is 9.47 Å². The molecule has 31 heavy (non-hydrogen) atoms. The Morgan fingerprint density at radius 2 is 1.32 bits per heavy atom. The molecule has 0 unspecified atom stereocenters. The number of halogens is 4. The summed E-state index contributed by atoms with van der Waals surface area (Å²) in [6, 6.07) is 7.43. The highest BCUT2D eigenvalue weighted by molar-refractivity contribution is 5.40. The first-order valence-electron chi connectivity index (χ1n) is 9.34. The van der Waals surface area contributed by atoms with E-state index >= 15 is 0 Å². The molecule has 160 valence electrons. The van der Waals surface area contributed by atoms with Crippen LogP contribution in [-0.4, -0.2) is 32.8 Å². The molecule has 0 amide bonds. The number of hydrogen-bond donors (Lipinski definition) is 0. The van der Waals surface area contributed by atoms with Crippen LogP contribution in [0.25, 0.3) is 5.65 Å². The molecule has 0 radical (unpaired) electrons. The Morgan fingerprint density at radius 1 is 0.710 bits per heavy atom. The van der Waals surface area contributed by atoms with Gasteiger partial charge in [0.15, 0.2) is 28.9 Å². The van der Waals surface area contributed by atoms with Crippen molar-refractivity contribution in [1.82, 2.24) is 19.6 Å². The third-order valence-electron chi connectivity index (χ3n) is 4.48. The number of rotatable bonds is 8. The Hall–Kier alpha value is -3.69. The van der Waals surface area contributed by atoms with Crippen molar-refractivity contribution in [2.75, 3.05) is 13.2 Å². The van der Waals surface area contributed by atoms with E-state index in [9.17, 15) is 17.6 Å². The Labute approximate surface area is 174 Å². The highest BCUT2D eigenvalue weighted by Gasteiger charge is 2.13. The zero-order chi connectivity index (χ0) is 21.8. The maximum Gasteiger partial charge on any atom is 0.324 e. The normalized spacial score (nSPS) is 11.1. The summed E-state index contributed by atoms with van der Waals surface area (Å²) in [6.45, 7) is 0.306. The van der Waals surface area contributed by atoms with Gasteiger partial charge in [0, 0.05) is 12.8 Å². The first kappa shape index (κ1) is 20.6. The molecule has 0 aliphatic rings. The maximum absolute atomic E-state index is 13.3. The maximum atomic E-state index is 13.3. The van der Waals surface area contributed by atoms with Crippen molar-refractivity contribution in [2.24, 2.45) is 0 Å². The Kier molecular flexibility index (Phi) is 5.96. The van der Waals surface area contributed by atoms with Crippen LogP contribution in [0.5, 0.6) is 11.9 Å². The molecule has 2 aromatic heterocycles. The van der Waals surface area contributed by atoms with Crippen LogP contribution in [0.4, 0.5) is 17.6 Å². The van der Waals surface area contributed by atoms with E-state index in [0.29, 0.717) is 35.5 Å². The van der Waals surface area contributed by atoms with Crippen LogP contribution in [0.15, 0.2) is 48.8 Å². The van der Waals surface area contributed by atoms with Crippen LogP contribution in [0, 0.1) is 23.3 Å². The molecule has 0 aliphatic heterocycles. The van der Waals surface area contributed by atoms with Gasteiger partial charge in [-0.05, 0) is 35.4 Å². The van der Waals surface area contributed by atoms with Crippen molar-refractivity contribution in [3.05, 3.63) is 83.2 Å². The summed E-state index contributed by atoms with van der Waals surface area (Å²) >= 11 is 0.